The summed E-state index contributed by atoms with van der Waals surface area (Å²) in [5, 5.41) is 13.0. The summed E-state index contributed by atoms with van der Waals surface area (Å²) in [6.07, 6.45) is -2.29. The number of hydrogen-bond donors (Lipinski definition) is 2. The molecule has 30 heavy (non-hydrogen) atoms. The van der Waals surface area contributed by atoms with Gasteiger partial charge in [0, 0.05) is 6.07 Å². The van der Waals surface area contributed by atoms with Crippen molar-refractivity contribution in [1.29, 1.82) is 0 Å². The fourth-order valence-corrected chi connectivity index (χ4v) is 2.66. The number of carbonyl (C=O) groups is 2. The summed E-state index contributed by atoms with van der Waals surface area (Å²) in [6, 6.07) is 10.1. The summed E-state index contributed by atoms with van der Waals surface area (Å²) in [5.41, 5.74) is -0.278. The molecule has 1 amide bonds. The molecule has 2 atom stereocenters. The monoisotopic (exact) mass is 421 g/mol. The number of esters is 1. The van der Waals surface area contributed by atoms with Crippen molar-refractivity contribution in [3.8, 4) is 0 Å². The van der Waals surface area contributed by atoms with E-state index in [0.29, 0.717) is 5.56 Å². The molecule has 0 aliphatic rings. The molecule has 0 saturated carbocycles. The lowest BCUT2D eigenvalue weighted by Gasteiger charge is -2.26. The Morgan fingerprint density at radius 1 is 1.07 bits per heavy atom. The van der Waals surface area contributed by atoms with Gasteiger partial charge in [-0.1, -0.05) is 18.2 Å². The van der Waals surface area contributed by atoms with Crippen LogP contribution in [0.25, 0.3) is 0 Å². The summed E-state index contributed by atoms with van der Waals surface area (Å²) >= 11 is 0. The second-order valence-electron chi connectivity index (χ2n) is 7.77. The Kier molecular flexibility index (Phi) is 7.88. The largest absolute Gasteiger partial charge is 0.459 e. The molecule has 0 heterocycles. The van der Waals surface area contributed by atoms with E-state index < -0.39 is 48.1 Å². The Morgan fingerprint density at radius 3 is 2.23 bits per heavy atom. The molecule has 0 bridgehead atoms. The van der Waals surface area contributed by atoms with E-state index >= 15 is 0 Å². The second-order valence-corrected chi connectivity index (χ2v) is 7.77. The van der Waals surface area contributed by atoms with Crippen LogP contribution in [0.15, 0.2) is 48.5 Å². The number of amides is 1. The highest BCUT2D eigenvalue weighted by atomic mass is 19.1. The number of hydrogen-bond acceptors (Lipinski definition) is 5. The van der Waals surface area contributed by atoms with Crippen molar-refractivity contribution in [2.75, 3.05) is 6.61 Å². The van der Waals surface area contributed by atoms with Gasteiger partial charge < -0.3 is 19.9 Å². The lowest BCUT2D eigenvalue weighted by atomic mass is 10.0. The van der Waals surface area contributed by atoms with E-state index in [1.54, 1.807) is 51.1 Å². The van der Waals surface area contributed by atoms with Crippen LogP contribution in [0.4, 0.5) is 13.6 Å². The zero-order chi connectivity index (χ0) is 22.3. The van der Waals surface area contributed by atoms with E-state index in [2.05, 4.69) is 5.32 Å². The van der Waals surface area contributed by atoms with Crippen LogP contribution in [-0.2, 0) is 15.9 Å². The van der Waals surface area contributed by atoms with E-state index in [1.165, 1.54) is 0 Å². The van der Waals surface area contributed by atoms with Crippen molar-refractivity contribution in [3.63, 3.8) is 0 Å². The molecule has 0 aliphatic carbocycles. The minimum atomic E-state index is -1.35. The van der Waals surface area contributed by atoms with Crippen molar-refractivity contribution < 1.29 is 33.0 Å². The number of rotatable bonds is 7. The smallest absolute Gasteiger partial charge is 0.407 e. The van der Waals surface area contributed by atoms with Crippen LogP contribution in [0.5, 0.6) is 0 Å². The van der Waals surface area contributed by atoms with Crippen LogP contribution in [0.2, 0.25) is 0 Å². The van der Waals surface area contributed by atoms with Gasteiger partial charge in [-0.15, -0.1) is 0 Å². The van der Waals surface area contributed by atoms with Gasteiger partial charge in [-0.3, -0.25) is 0 Å². The Hall–Kier alpha value is -3.00. The molecule has 8 heteroatoms. The number of halogens is 2. The average molecular weight is 421 g/mol. The van der Waals surface area contributed by atoms with Gasteiger partial charge in [-0.25, -0.2) is 18.4 Å². The summed E-state index contributed by atoms with van der Waals surface area (Å²) in [6.45, 7) is 4.57. The normalized spacial score (nSPS) is 13.3. The number of carbonyl (C=O) groups excluding carboxylic acids is 2. The third-order valence-electron chi connectivity index (χ3n) is 3.94. The predicted molar refractivity (Wildman–Crippen MR) is 106 cm³/mol. The van der Waals surface area contributed by atoms with Gasteiger partial charge in [0.25, 0.3) is 0 Å². The van der Waals surface area contributed by atoms with Crippen LogP contribution in [-0.4, -0.2) is 41.5 Å². The van der Waals surface area contributed by atoms with Gasteiger partial charge in [-0.05, 0) is 57.0 Å². The SMILES string of the molecule is CC(C)(C)OC(=O)NC(Cc1cc(F)cc(F)c1)C(O)COC(=O)c1ccccc1. The second kappa shape index (κ2) is 10.2. The quantitative estimate of drug-likeness (QED) is 0.667. The summed E-state index contributed by atoms with van der Waals surface area (Å²) in [5.74, 6) is -2.22. The highest BCUT2D eigenvalue weighted by Gasteiger charge is 2.26. The molecule has 0 aromatic heterocycles. The van der Waals surface area contributed by atoms with Crippen molar-refractivity contribution in [2.24, 2.45) is 0 Å². The van der Waals surface area contributed by atoms with Crippen LogP contribution in [0, 0.1) is 11.6 Å². The zero-order valence-electron chi connectivity index (χ0n) is 17.0. The fraction of sp³-hybridized carbons (Fsp3) is 0.364. The Balaban J connectivity index is 2.10. The molecule has 162 valence electrons. The maximum Gasteiger partial charge on any atom is 0.407 e. The first kappa shape index (κ1) is 23.3. The Morgan fingerprint density at radius 2 is 1.67 bits per heavy atom. The van der Waals surface area contributed by atoms with Crippen molar-refractivity contribution in [1.82, 2.24) is 5.32 Å². The minimum absolute atomic E-state index is 0.113. The third-order valence-corrected chi connectivity index (χ3v) is 3.94. The molecule has 2 rings (SSSR count). The van der Waals surface area contributed by atoms with Crippen LogP contribution in [0.3, 0.4) is 0 Å². The van der Waals surface area contributed by atoms with Gasteiger partial charge in [0.2, 0.25) is 0 Å². The van der Waals surface area contributed by atoms with E-state index in [-0.39, 0.29) is 12.0 Å². The molecule has 0 aliphatic heterocycles. The lowest BCUT2D eigenvalue weighted by Crippen LogP contribution is -2.48. The topological polar surface area (TPSA) is 84.9 Å². The fourth-order valence-electron chi connectivity index (χ4n) is 2.66. The highest BCUT2D eigenvalue weighted by Crippen LogP contribution is 2.14. The number of nitrogens with one attached hydrogen (secondary N) is 1. The van der Waals surface area contributed by atoms with E-state index in [9.17, 15) is 23.5 Å². The molecule has 2 N–H and O–H groups in total. The van der Waals surface area contributed by atoms with Gasteiger partial charge in [0.15, 0.2) is 0 Å². The number of ether oxygens (including phenoxy) is 2. The summed E-state index contributed by atoms with van der Waals surface area (Å²) < 4.78 is 37.3. The summed E-state index contributed by atoms with van der Waals surface area (Å²) in [4.78, 5) is 24.2. The molecule has 0 spiro atoms. The number of alkyl carbamates (subject to hydrolysis) is 1. The molecule has 0 fully saturated rings. The first-order valence-electron chi connectivity index (χ1n) is 9.38. The molecular weight excluding hydrogens is 396 g/mol. The molecule has 0 saturated heterocycles. The Labute approximate surface area is 173 Å². The van der Waals surface area contributed by atoms with Crippen molar-refractivity contribution in [2.45, 2.75) is 44.9 Å². The standard InChI is InChI=1S/C22H25F2NO5/c1-22(2,3)30-21(28)25-18(11-14-9-16(23)12-17(24)10-14)19(26)13-29-20(27)15-7-5-4-6-8-15/h4-10,12,18-19,26H,11,13H2,1-3H3,(H,25,28). The zero-order valence-corrected chi connectivity index (χ0v) is 17.0. The van der Waals surface area contributed by atoms with Crippen LogP contribution < -0.4 is 5.32 Å². The first-order chi connectivity index (χ1) is 14.0. The summed E-state index contributed by atoms with van der Waals surface area (Å²) in [7, 11) is 0. The predicted octanol–water partition coefficient (Wildman–Crippen LogP) is 3.62. The maximum atomic E-state index is 13.5. The molecule has 0 radical (unpaired) electrons. The number of aliphatic hydroxyl groups excluding tert-OH is 1. The molecule has 6 nitrogen and oxygen atoms in total. The van der Waals surface area contributed by atoms with Gasteiger partial charge in [0.05, 0.1) is 11.6 Å². The van der Waals surface area contributed by atoms with E-state index in [4.69, 9.17) is 9.47 Å². The van der Waals surface area contributed by atoms with Gasteiger partial charge >= 0.3 is 12.1 Å². The maximum absolute atomic E-state index is 13.5. The van der Waals surface area contributed by atoms with Gasteiger partial charge in [-0.2, -0.15) is 0 Å². The van der Waals surface area contributed by atoms with Crippen LogP contribution >= 0.6 is 0 Å². The third kappa shape index (κ3) is 7.79. The molecular formula is C22H25F2NO5. The minimum Gasteiger partial charge on any atom is -0.459 e. The van der Waals surface area contributed by atoms with E-state index in [1.807, 2.05) is 0 Å². The van der Waals surface area contributed by atoms with Crippen molar-refractivity contribution in [3.05, 3.63) is 71.3 Å². The average Bonchev–Trinajstić information content (AvgIpc) is 2.63. The Bertz CT molecular complexity index is 847. The van der Waals surface area contributed by atoms with E-state index in [0.717, 1.165) is 18.2 Å². The number of benzene rings is 2. The molecule has 2 aromatic carbocycles. The number of aliphatic hydroxyl groups is 1. The lowest BCUT2D eigenvalue weighted by molar-refractivity contribution is 0.0107. The first-order valence-corrected chi connectivity index (χ1v) is 9.38. The highest BCUT2D eigenvalue weighted by molar-refractivity contribution is 5.89. The van der Waals surface area contributed by atoms with Crippen LogP contribution in [0.1, 0.15) is 36.7 Å². The van der Waals surface area contributed by atoms with Gasteiger partial charge in [0.1, 0.15) is 29.9 Å². The molecule has 2 unspecified atom stereocenters. The van der Waals surface area contributed by atoms with Crippen molar-refractivity contribution >= 4 is 12.1 Å². The molecule has 2 aromatic rings.